The SMILES string of the molecule is CC(=O)O[C@@H](C)C(=O)Nc1ccc([C@@H]2O[C@H](CN3[C@@H](C(=O)NC(C)(C)C)CC[C@H]4CCCC[C@H]43)[C@H](C)[C@H](c3ccc(CO)cc3)O2)cc1. The van der Waals surface area contributed by atoms with Gasteiger partial charge in [-0.05, 0) is 82.6 Å². The summed E-state index contributed by atoms with van der Waals surface area (Å²) in [7, 11) is 0. The number of hydrogen-bond acceptors (Lipinski definition) is 8. The molecule has 1 saturated carbocycles. The van der Waals surface area contributed by atoms with Gasteiger partial charge in [0.05, 0.1) is 24.9 Å². The quantitative estimate of drug-likeness (QED) is 0.288. The predicted molar refractivity (Wildman–Crippen MR) is 183 cm³/mol. The number of hydrogen-bond donors (Lipinski definition) is 3. The molecule has 3 N–H and O–H groups in total. The van der Waals surface area contributed by atoms with Crippen LogP contribution in [-0.4, -0.2) is 64.2 Å². The number of amides is 2. The molecule has 2 aliphatic heterocycles. The Morgan fingerprint density at radius 2 is 1.62 bits per heavy atom. The number of carbonyl (C=O) groups excluding carboxylic acids is 3. The zero-order chi connectivity index (χ0) is 34.6. The van der Waals surface area contributed by atoms with E-state index >= 15 is 0 Å². The maximum atomic E-state index is 13.8. The van der Waals surface area contributed by atoms with E-state index in [1.54, 1.807) is 12.1 Å². The maximum Gasteiger partial charge on any atom is 0.303 e. The molecule has 0 radical (unpaired) electrons. The largest absolute Gasteiger partial charge is 0.453 e. The van der Waals surface area contributed by atoms with Crippen LogP contribution in [0.5, 0.6) is 0 Å². The Hall–Kier alpha value is -3.31. The van der Waals surface area contributed by atoms with Crippen molar-refractivity contribution in [2.45, 2.75) is 129 Å². The number of esters is 1. The number of carbonyl (C=O) groups is 3. The van der Waals surface area contributed by atoms with E-state index in [2.05, 4.69) is 22.5 Å². The van der Waals surface area contributed by atoms with Gasteiger partial charge in [-0.3, -0.25) is 19.3 Å². The van der Waals surface area contributed by atoms with Gasteiger partial charge in [0.1, 0.15) is 0 Å². The number of aliphatic hydroxyl groups is 1. The number of nitrogens with zero attached hydrogens (tertiary/aromatic N) is 1. The Morgan fingerprint density at radius 3 is 2.27 bits per heavy atom. The molecule has 3 fully saturated rings. The fraction of sp³-hybridized carbons (Fsp3) is 0.605. The first-order valence-electron chi connectivity index (χ1n) is 17.5. The van der Waals surface area contributed by atoms with Crippen LogP contribution < -0.4 is 10.6 Å². The van der Waals surface area contributed by atoms with Crippen molar-refractivity contribution >= 4 is 23.5 Å². The number of aliphatic hydroxyl groups excluding tert-OH is 1. The van der Waals surface area contributed by atoms with Crippen molar-refractivity contribution in [2.75, 3.05) is 11.9 Å². The molecule has 0 aromatic heterocycles. The third-order valence-electron chi connectivity index (χ3n) is 9.98. The van der Waals surface area contributed by atoms with Crippen molar-refractivity contribution < 1.29 is 33.7 Å². The number of rotatable bonds is 9. The van der Waals surface area contributed by atoms with Gasteiger partial charge in [0.2, 0.25) is 5.91 Å². The number of nitrogens with one attached hydrogen (secondary N) is 2. The molecule has 0 spiro atoms. The van der Waals surface area contributed by atoms with Crippen LogP contribution in [0.2, 0.25) is 0 Å². The van der Waals surface area contributed by atoms with Gasteiger partial charge in [0, 0.05) is 42.2 Å². The third-order valence-corrected chi connectivity index (χ3v) is 9.98. The predicted octanol–water partition coefficient (Wildman–Crippen LogP) is 5.80. The van der Waals surface area contributed by atoms with E-state index in [4.69, 9.17) is 14.2 Å². The molecule has 262 valence electrons. The fourth-order valence-corrected chi connectivity index (χ4v) is 7.53. The van der Waals surface area contributed by atoms with E-state index in [1.165, 1.54) is 33.1 Å². The minimum absolute atomic E-state index is 0.0298. The van der Waals surface area contributed by atoms with E-state index < -0.39 is 24.3 Å². The zero-order valence-electron chi connectivity index (χ0n) is 29.2. The number of fused-ring (bicyclic) bond motifs is 1. The highest BCUT2D eigenvalue weighted by Gasteiger charge is 2.46. The number of anilines is 1. The van der Waals surface area contributed by atoms with Gasteiger partial charge in [-0.1, -0.05) is 56.2 Å². The molecule has 2 aromatic carbocycles. The van der Waals surface area contributed by atoms with Crippen molar-refractivity contribution in [3.8, 4) is 0 Å². The average Bonchev–Trinajstić information content (AvgIpc) is 3.05. The van der Waals surface area contributed by atoms with Gasteiger partial charge in [-0.25, -0.2) is 0 Å². The topological polar surface area (TPSA) is 126 Å². The summed E-state index contributed by atoms with van der Waals surface area (Å²) in [5, 5.41) is 15.7. The second-order valence-corrected chi connectivity index (χ2v) is 14.8. The summed E-state index contributed by atoms with van der Waals surface area (Å²) >= 11 is 0. The van der Waals surface area contributed by atoms with Crippen LogP contribution in [0, 0.1) is 11.8 Å². The molecule has 48 heavy (non-hydrogen) atoms. The highest BCUT2D eigenvalue weighted by Crippen LogP contribution is 2.44. The van der Waals surface area contributed by atoms with E-state index in [9.17, 15) is 19.5 Å². The van der Waals surface area contributed by atoms with Crippen molar-refractivity contribution in [3.05, 3.63) is 65.2 Å². The molecule has 2 heterocycles. The Morgan fingerprint density at radius 1 is 0.958 bits per heavy atom. The minimum atomic E-state index is -0.916. The zero-order valence-corrected chi connectivity index (χ0v) is 29.2. The molecular formula is C38H53N3O7. The molecule has 2 amide bonds. The minimum Gasteiger partial charge on any atom is -0.453 e. The molecule has 3 aliphatic rings. The lowest BCUT2D eigenvalue weighted by molar-refractivity contribution is -0.278. The Kier molecular flexibility index (Phi) is 11.6. The van der Waals surface area contributed by atoms with E-state index in [1.807, 2.05) is 57.2 Å². The van der Waals surface area contributed by atoms with Crippen molar-refractivity contribution in [3.63, 3.8) is 0 Å². The monoisotopic (exact) mass is 663 g/mol. The smallest absolute Gasteiger partial charge is 0.303 e. The van der Waals surface area contributed by atoms with Crippen molar-refractivity contribution in [2.24, 2.45) is 11.8 Å². The summed E-state index contributed by atoms with van der Waals surface area (Å²) < 4.78 is 18.5. The molecule has 0 unspecified atom stereocenters. The molecule has 2 aromatic rings. The molecule has 1 aliphatic carbocycles. The van der Waals surface area contributed by atoms with E-state index in [0.717, 1.165) is 36.0 Å². The normalized spacial score (nSPS) is 28.5. The van der Waals surface area contributed by atoms with Gasteiger partial charge < -0.3 is 30.0 Å². The first-order chi connectivity index (χ1) is 22.8. The maximum absolute atomic E-state index is 13.8. The molecule has 0 bridgehead atoms. The van der Waals surface area contributed by atoms with Gasteiger partial charge in [-0.15, -0.1) is 0 Å². The van der Waals surface area contributed by atoms with Crippen LogP contribution in [-0.2, 0) is 35.2 Å². The summed E-state index contributed by atoms with van der Waals surface area (Å²) in [4.78, 5) is 40.0. The summed E-state index contributed by atoms with van der Waals surface area (Å²) in [5.41, 5.74) is 2.86. The van der Waals surface area contributed by atoms with Crippen LogP contribution in [0.25, 0.3) is 0 Å². The summed E-state index contributed by atoms with van der Waals surface area (Å²) in [5.74, 6) is -0.307. The standard InChI is InChI=1S/C38H53N3O7/c1-23-33(21-41-31-10-8-7-9-27(31)17-20-32(41)36(45)40-38(4,5)6)47-37(48-34(23)28-13-11-26(22-42)12-14-28)29-15-18-30(19-16-29)39-35(44)24(2)46-25(3)43/h11-16,18-19,23-24,27,31-34,37,42H,7-10,17,20-22H2,1-6H3,(H,39,44)(H,40,45)/t23-,24-,27+,31+,32+,33+,34+,37+/m0/s1. The average molecular weight is 664 g/mol. The van der Waals surface area contributed by atoms with Gasteiger partial charge >= 0.3 is 5.97 Å². The first kappa shape index (κ1) is 36.0. The molecule has 2 saturated heterocycles. The van der Waals surface area contributed by atoms with Crippen LogP contribution >= 0.6 is 0 Å². The number of benzene rings is 2. The summed E-state index contributed by atoms with van der Waals surface area (Å²) in [6.07, 6.45) is 4.46. The number of piperidine rings is 1. The van der Waals surface area contributed by atoms with Crippen LogP contribution in [0.3, 0.4) is 0 Å². The summed E-state index contributed by atoms with van der Waals surface area (Å²) in [6.45, 7) is 11.6. The van der Waals surface area contributed by atoms with Gasteiger partial charge in [0.25, 0.3) is 5.91 Å². The Balaban J connectivity index is 1.41. The molecule has 10 nitrogen and oxygen atoms in total. The highest BCUT2D eigenvalue weighted by molar-refractivity contribution is 5.94. The molecule has 10 heteroatoms. The van der Waals surface area contributed by atoms with Crippen molar-refractivity contribution in [1.29, 1.82) is 0 Å². The third kappa shape index (κ3) is 8.83. The fourth-order valence-electron chi connectivity index (χ4n) is 7.53. The lowest BCUT2D eigenvalue weighted by atomic mass is 9.75. The molecule has 5 rings (SSSR count). The second-order valence-electron chi connectivity index (χ2n) is 14.8. The van der Waals surface area contributed by atoms with E-state index in [0.29, 0.717) is 24.2 Å². The number of ether oxygens (including phenoxy) is 3. The second kappa shape index (κ2) is 15.5. The van der Waals surface area contributed by atoms with Crippen LogP contribution in [0.4, 0.5) is 5.69 Å². The lowest BCUT2D eigenvalue weighted by Crippen LogP contribution is -2.61. The first-order valence-corrected chi connectivity index (χ1v) is 17.5. The Labute approximate surface area is 284 Å². The Bertz CT molecular complexity index is 1410. The van der Waals surface area contributed by atoms with E-state index in [-0.39, 0.29) is 42.2 Å². The van der Waals surface area contributed by atoms with Crippen LogP contribution in [0.1, 0.15) is 109 Å². The van der Waals surface area contributed by atoms with Gasteiger partial charge in [0.15, 0.2) is 12.4 Å². The lowest BCUT2D eigenvalue weighted by Gasteiger charge is -2.51. The van der Waals surface area contributed by atoms with Gasteiger partial charge in [-0.2, -0.15) is 0 Å². The summed E-state index contributed by atoms with van der Waals surface area (Å²) in [6, 6.07) is 15.3. The number of likely N-dealkylation sites (tertiary alicyclic amines) is 1. The van der Waals surface area contributed by atoms with Crippen LogP contribution in [0.15, 0.2) is 48.5 Å². The van der Waals surface area contributed by atoms with Crippen molar-refractivity contribution in [1.82, 2.24) is 10.2 Å². The molecular weight excluding hydrogens is 610 g/mol. The highest BCUT2D eigenvalue weighted by atomic mass is 16.7. The molecule has 8 atom stereocenters.